The van der Waals surface area contributed by atoms with Crippen LogP contribution in [-0.4, -0.2) is 29.2 Å². The first-order valence-corrected chi connectivity index (χ1v) is 6.23. The predicted molar refractivity (Wildman–Crippen MR) is 76.6 cm³/mol. The van der Waals surface area contributed by atoms with Gasteiger partial charge in [0.15, 0.2) is 0 Å². The number of nitroso groups, excluding NO2 is 2. The lowest BCUT2D eigenvalue weighted by Gasteiger charge is -2.09. The summed E-state index contributed by atoms with van der Waals surface area (Å²) in [5.41, 5.74) is 1.41. The van der Waals surface area contributed by atoms with Gasteiger partial charge in [-0.3, -0.25) is 4.79 Å². The second-order valence-corrected chi connectivity index (χ2v) is 4.44. The fraction of sp³-hybridized carbons (Fsp3) is 0.308. The summed E-state index contributed by atoms with van der Waals surface area (Å²) < 4.78 is 6.36. The molecule has 1 aromatic heterocycles. The molecule has 2 aromatic rings. The van der Waals surface area contributed by atoms with E-state index in [1.807, 2.05) is 0 Å². The number of hydrogen-bond donors (Lipinski definition) is 0. The Kier molecular flexibility index (Phi) is 4.27. The molecule has 0 radical (unpaired) electrons. The van der Waals surface area contributed by atoms with E-state index in [4.69, 9.17) is 4.74 Å². The van der Waals surface area contributed by atoms with Gasteiger partial charge in [0.2, 0.25) is 5.91 Å². The Morgan fingerprint density at radius 3 is 2.71 bits per heavy atom. The van der Waals surface area contributed by atoms with E-state index in [1.54, 1.807) is 31.5 Å². The topological polar surface area (TPSA) is 93.3 Å². The van der Waals surface area contributed by atoms with Gasteiger partial charge >= 0.3 is 0 Å². The van der Waals surface area contributed by atoms with Crippen LogP contribution in [-0.2, 0) is 11.2 Å². The predicted octanol–water partition coefficient (Wildman–Crippen LogP) is 2.25. The van der Waals surface area contributed by atoms with Crippen LogP contribution in [0.4, 0.5) is 0 Å². The minimum absolute atomic E-state index is 0.133. The zero-order chi connectivity index (χ0) is 15.4. The lowest BCUT2D eigenvalue weighted by molar-refractivity contribution is -0.128. The molecule has 1 amide bonds. The van der Waals surface area contributed by atoms with Gasteiger partial charge < -0.3 is 4.74 Å². The molecule has 0 aliphatic rings. The van der Waals surface area contributed by atoms with Gasteiger partial charge in [-0.15, -0.1) is 9.81 Å². The molecule has 0 spiro atoms. The van der Waals surface area contributed by atoms with Crippen LogP contribution in [0.5, 0.6) is 5.75 Å². The Balaban J connectivity index is 2.36. The molecule has 8 heteroatoms. The summed E-state index contributed by atoms with van der Waals surface area (Å²) in [6, 6.07) is 5.22. The van der Waals surface area contributed by atoms with E-state index in [2.05, 4.69) is 10.6 Å². The van der Waals surface area contributed by atoms with Crippen molar-refractivity contribution in [3.05, 3.63) is 39.8 Å². The number of carbonyl (C=O) groups is 1. The standard InChI is InChI=1S/C13H14N4O4/c1-9(18)16(14-19)6-5-10-8-17(15-20)13-4-3-11(21-2)7-12(10)13/h3-4,7-8H,5-6H2,1-2H3. The quantitative estimate of drug-likeness (QED) is 0.602. The van der Waals surface area contributed by atoms with Crippen LogP contribution in [0.3, 0.4) is 0 Å². The molecule has 0 saturated carbocycles. The maximum absolute atomic E-state index is 11.2. The third-order valence-electron chi connectivity index (χ3n) is 3.22. The monoisotopic (exact) mass is 290 g/mol. The van der Waals surface area contributed by atoms with Gasteiger partial charge in [-0.05, 0) is 30.2 Å². The summed E-state index contributed by atoms with van der Waals surface area (Å²) in [6.07, 6.45) is 1.94. The van der Waals surface area contributed by atoms with Gasteiger partial charge in [0, 0.05) is 18.5 Å². The summed E-state index contributed by atoms with van der Waals surface area (Å²) in [6.45, 7) is 1.40. The first-order chi connectivity index (χ1) is 10.1. The van der Waals surface area contributed by atoms with Gasteiger partial charge in [0.25, 0.3) is 0 Å². The number of methoxy groups -OCH3 is 1. The summed E-state index contributed by atoms with van der Waals surface area (Å²) in [7, 11) is 1.55. The maximum atomic E-state index is 11.2. The van der Waals surface area contributed by atoms with E-state index in [0.29, 0.717) is 17.7 Å². The second-order valence-electron chi connectivity index (χ2n) is 4.44. The van der Waals surface area contributed by atoms with Gasteiger partial charge in [-0.25, -0.2) is 4.68 Å². The Bertz CT molecular complexity index is 695. The fourth-order valence-electron chi connectivity index (χ4n) is 2.13. The van der Waals surface area contributed by atoms with Crippen molar-refractivity contribution in [2.75, 3.05) is 13.7 Å². The number of carbonyl (C=O) groups excluding carboxylic acids is 1. The normalized spacial score (nSPS) is 10.4. The van der Waals surface area contributed by atoms with Crippen LogP contribution in [0.1, 0.15) is 12.5 Å². The minimum atomic E-state index is -0.431. The molecule has 0 aliphatic heterocycles. The van der Waals surface area contributed by atoms with Gasteiger partial charge in [-0.2, -0.15) is 5.01 Å². The van der Waals surface area contributed by atoms with E-state index >= 15 is 0 Å². The largest absolute Gasteiger partial charge is 0.497 e. The molecule has 1 heterocycles. The van der Waals surface area contributed by atoms with E-state index in [-0.39, 0.29) is 6.54 Å². The molecule has 8 nitrogen and oxygen atoms in total. The van der Waals surface area contributed by atoms with E-state index in [1.165, 1.54) is 11.6 Å². The van der Waals surface area contributed by atoms with Crippen molar-refractivity contribution >= 4 is 16.8 Å². The van der Waals surface area contributed by atoms with Crippen molar-refractivity contribution in [3.8, 4) is 5.75 Å². The SMILES string of the molecule is COc1ccc2c(c1)c(CCN(N=O)C(C)=O)cn2N=O. The van der Waals surface area contributed by atoms with Crippen LogP contribution in [0, 0.1) is 9.81 Å². The van der Waals surface area contributed by atoms with Crippen LogP contribution in [0.2, 0.25) is 0 Å². The Hall–Kier alpha value is -2.77. The Morgan fingerprint density at radius 1 is 1.38 bits per heavy atom. The molecule has 0 saturated heterocycles. The molecule has 110 valence electrons. The van der Waals surface area contributed by atoms with Crippen molar-refractivity contribution < 1.29 is 9.53 Å². The van der Waals surface area contributed by atoms with Crippen LogP contribution >= 0.6 is 0 Å². The zero-order valence-electron chi connectivity index (χ0n) is 11.6. The Morgan fingerprint density at radius 2 is 2.14 bits per heavy atom. The molecule has 0 aliphatic carbocycles. The molecule has 0 N–H and O–H groups in total. The average molecular weight is 290 g/mol. The first kappa shape index (κ1) is 14.6. The van der Waals surface area contributed by atoms with Crippen molar-refractivity contribution in [2.24, 2.45) is 10.6 Å². The van der Waals surface area contributed by atoms with E-state index in [0.717, 1.165) is 16.0 Å². The third kappa shape index (κ3) is 2.88. The number of fused-ring (bicyclic) bond motifs is 1. The minimum Gasteiger partial charge on any atom is -0.497 e. The highest BCUT2D eigenvalue weighted by Gasteiger charge is 2.13. The highest BCUT2D eigenvalue weighted by Crippen LogP contribution is 2.26. The maximum Gasteiger partial charge on any atom is 0.242 e. The second kappa shape index (κ2) is 6.12. The lowest BCUT2D eigenvalue weighted by atomic mass is 10.1. The van der Waals surface area contributed by atoms with Gasteiger partial charge in [-0.1, -0.05) is 0 Å². The molecular weight excluding hydrogens is 276 g/mol. The van der Waals surface area contributed by atoms with E-state index < -0.39 is 5.91 Å². The number of ether oxygens (including phenoxy) is 1. The summed E-state index contributed by atoms with van der Waals surface area (Å²) in [5, 5.41) is 7.19. The molecular formula is C13H14N4O4. The summed E-state index contributed by atoms with van der Waals surface area (Å²) in [4.78, 5) is 32.6. The summed E-state index contributed by atoms with van der Waals surface area (Å²) >= 11 is 0. The number of hydrogen-bond acceptors (Lipinski definition) is 6. The van der Waals surface area contributed by atoms with Gasteiger partial charge in [0.05, 0.1) is 29.7 Å². The average Bonchev–Trinajstić information content (AvgIpc) is 2.84. The highest BCUT2D eigenvalue weighted by atomic mass is 16.5. The number of nitrogens with zero attached hydrogens (tertiary/aromatic N) is 4. The molecule has 2 rings (SSSR count). The summed E-state index contributed by atoms with van der Waals surface area (Å²) in [5.74, 6) is 0.212. The Labute approximate surface area is 120 Å². The molecule has 0 unspecified atom stereocenters. The number of aromatic nitrogens is 1. The number of amides is 1. The van der Waals surface area contributed by atoms with Crippen molar-refractivity contribution in [3.63, 3.8) is 0 Å². The fourth-order valence-corrected chi connectivity index (χ4v) is 2.13. The molecule has 0 atom stereocenters. The number of benzene rings is 1. The van der Waals surface area contributed by atoms with Crippen LogP contribution in [0.15, 0.2) is 35.0 Å². The van der Waals surface area contributed by atoms with Crippen LogP contribution in [0.25, 0.3) is 10.9 Å². The van der Waals surface area contributed by atoms with E-state index in [9.17, 15) is 14.6 Å². The molecule has 1 aromatic carbocycles. The molecule has 0 fully saturated rings. The molecule has 21 heavy (non-hydrogen) atoms. The van der Waals surface area contributed by atoms with Crippen molar-refractivity contribution in [2.45, 2.75) is 13.3 Å². The van der Waals surface area contributed by atoms with Gasteiger partial charge in [0.1, 0.15) is 5.75 Å². The highest BCUT2D eigenvalue weighted by molar-refractivity contribution is 5.85. The number of rotatable bonds is 6. The lowest BCUT2D eigenvalue weighted by Crippen LogP contribution is -2.24. The van der Waals surface area contributed by atoms with Crippen molar-refractivity contribution in [1.29, 1.82) is 0 Å². The van der Waals surface area contributed by atoms with Crippen LogP contribution < -0.4 is 4.74 Å². The zero-order valence-corrected chi connectivity index (χ0v) is 11.6. The molecule has 0 bridgehead atoms. The van der Waals surface area contributed by atoms with Crippen molar-refractivity contribution in [1.82, 2.24) is 9.69 Å². The smallest absolute Gasteiger partial charge is 0.242 e. The first-order valence-electron chi connectivity index (χ1n) is 6.23. The third-order valence-corrected chi connectivity index (χ3v) is 3.22.